The summed E-state index contributed by atoms with van der Waals surface area (Å²) in [6.45, 7) is 3.68. The Hall–Kier alpha value is -1.30. The molecule has 1 saturated heterocycles. The van der Waals surface area contributed by atoms with Crippen molar-refractivity contribution in [1.29, 1.82) is 0 Å². The van der Waals surface area contributed by atoms with Crippen LogP contribution in [-0.4, -0.2) is 18.1 Å². The summed E-state index contributed by atoms with van der Waals surface area (Å²) in [4.78, 5) is 1.77. The first-order valence-electron chi connectivity index (χ1n) is 6.55. The van der Waals surface area contributed by atoms with Gasteiger partial charge < -0.3 is 10.6 Å². The van der Waals surface area contributed by atoms with Crippen LogP contribution in [0.5, 0.6) is 0 Å². The lowest BCUT2D eigenvalue weighted by molar-refractivity contribution is -0.137. The molecule has 2 nitrogen and oxygen atoms in total. The Morgan fingerprint density at radius 3 is 2.65 bits per heavy atom. The van der Waals surface area contributed by atoms with Gasteiger partial charge in [0.1, 0.15) is 4.99 Å². The van der Waals surface area contributed by atoms with Crippen LogP contribution in [0.15, 0.2) is 18.2 Å². The number of alkyl halides is 3. The third kappa shape index (κ3) is 3.23. The van der Waals surface area contributed by atoms with Gasteiger partial charge in [0, 0.05) is 24.3 Å². The van der Waals surface area contributed by atoms with Crippen LogP contribution in [0.1, 0.15) is 30.9 Å². The molecule has 20 heavy (non-hydrogen) atoms. The highest BCUT2D eigenvalue weighted by Crippen LogP contribution is 2.35. The van der Waals surface area contributed by atoms with E-state index in [9.17, 15) is 13.2 Å². The summed E-state index contributed by atoms with van der Waals surface area (Å²) >= 11 is 4.70. The smallest absolute Gasteiger partial charge is 0.389 e. The molecule has 0 saturated carbocycles. The number of anilines is 1. The highest BCUT2D eigenvalue weighted by Gasteiger charge is 2.34. The van der Waals surface area contributed by atoms with Crippen molar-refractivity contribution in [3.8, 4) is 0 Å². The molecule has 0 spiro atoms. The number of thiocarbonyl (C=S) groups is 1. The lowest BCUT2D eigenvalue weighted by Crippen LogP contribution is -2.34. The van der Waals surface area contributed by atoms with E-state index < -0.39 is 11.7 Å². The Labute approximate surface area is 121 Å². The summed E-state index contributed by atoms with van der Waals surface area (Å²) in [6, 6.07) is 4.20. The van der Waals surface area contributed by atoms with E-state index in [1.54, 1.807) is 6.07 Å². The molecule has 0 aliphatic carbocycles. The SMILES string of the molecule is CC1CCCN(c2ccc(C(N)=S)c(C(F)(F)F)c2)C1. The second kappa shape index (κ2) is 5.60. The van der Waals surface area contributed by atoms with Crippen LogP contribution in [0.2, 0.25) is 0 Å². The van der Waals surface area contributed by atoms with Crippen molar-refractivity contribution in [1.82, 2.24) is 0 Å². The highest BCUT2D eigenvalue weighted by atomic mass is 32.1. The Kier molecular flexibility index (Phi) is 4.22. The number of hydrogen-bond acceptors (Lipinski definition) is 2. The number of piperidine rings is 1. The fraction of sp³-hybridized carbons (Fsp3) is 0.500. The van der Waals surface area contributed by atoms with Crippen LogP contribution in [0.4, 0.5) is 18.9 Å². The van der Waals surface area contributed by atoms with Gasteiger partial charge in [-0.15, -0.1) is 0 Å². The molecule has 6 heteroatoms. The average molecular weight is 302 g/mol. The fourth-order valence-electron chi connectivity index (χ4n) is 2.60. The molecule has 1 aliphatic rings. The molecule has 1 heterocycles. The summed E-state index contributed by atoms with van der Waals surface area (Å²) < 4.78 is 39.3. The summed E-state index contributed by atoms with van der Waals surface area (Å²) in [5, 5.41) is 0. The predicted octanol–water partition coefficient (Wildman–Crippen LogP) is 3.58. The molecule has 1 aliphatic heterocycles. The predicted molar refractivity (Wildman–Crippen MR) is 77.9 cm³/mol. The summed E-state index contributed by atoms with van der Waals surface area (Å²) in [5.41, 5.74) is 5.11. The molecule has 1 unspecified atom stereocenters. The van der Waals surface area contributed by atoms with E-state index in [4.69, 9.17) is 18.0 Å². The maximum Gasteiger partial charge on any atom is 0.417 e. The zero-order chi connectivity index (χ0) is 14.9. The van der Waals surface area contributed by atoms with Crippen LogP contribution in [0.25, 0.3) is 0 Å². The van der Waals surface area contributed by atoms with E-state index in [-0.39, 0.29) is 10.6 Å². The molecule has 1 atom stereocenters. The van der Waals surface area contributed by atoms with Gasteiger partial charge >= 0.3 is 6.18 Å². The zero-order valence-corrected chi connectivity index (χ0v) is 12.0. The van der Waals surface area contributed by atoms with E-state index >= 15 is 0 Å². The first-order valence-corrected chi connectivity index (χ1v) is 6.96. The van der Waals surface area contributed by atoms with E-state index in [2.05, 4.69) is 6.92 Å². The van der Waals surface area contributed by atoms with Crippen molar-refractivity contribution in [2.24, 2.45) is 11.7 Å². The van der Waals surface area contributed by atoms with E-state index in [1.165, 1.54) is 6.07 Å². The number of nitrogens with two attached hydrogens (primary N) is 1. The second-order valence-electron chi connectivity index (χ2n) is 5.29. The Balaban J connectivity index is 2.39. The molecule has 1 aromatic rings. The first kappa shape index (κ1) is 15.1. The minimum atomic E-state index is -4.45. The zero-order valence-electron chi connectivity index (χ0n) is 11.2. The van der Waals surface area contributed by atoms with Crippen molar-refractivity contribution < 1.29 is 13.2 Å². The van der Waals surface area contributed by atoms with Crippen molar-refractivity contribution in [3.05, 3.63) is 29.3 Å². The summed E-state index contributed by atoms with van der Waals surface area (Å²) in [6.07, 6.45) is -2.33. The molecule has 0 radical (unpaired) electrons. The van der Waals surface area contributed by atoms with Gasteiger partial charge in [0.2, 0.25) is 0 Å². The van der Waals surface area contributed by atoms with E-state index in [1.807, 2.05) is 4.90 Å². The third-order valence-corrected chi connectivity index (χ3v) is 3.82. The molecular weight excluding hydrogens is 285 g/mol. The minimum absolute atomic E-state index is 0.110. The molecule has 0 amide bonds. The van der Waals surface area contributed by atoms with Crippen LogP contribution in [0, 0.1) is 5.92 Å². The van der Waals surface area contributed by atoms with Gasteiger partial charge in [-0.2, -0.15) is 13.2 Å². The van der Waals surface area contributed by atoms with Crippen molar-refractivity contribution >= 4 is 22.9 Å². The Morgan fingerprint density at radius 2 is 2.10 bits per heavy atom. The molecule has 2 rings (SSSR count). The van der Waals surface area contributed by atoms with Crippen LogP contribution in [-0.2, 0) is 6.18 Å². The quantitative estimate of drug-likeness (QED) is 0.847. The largest absolute Gasteiger partial charge is 0.417 e. The number of rotatable bonds is 2. The molecule has 1 aromatic carbocycles. The van der Waals surface area contributed by atoms with Crippen molar-refractivity contribution in [3.63, 3.8) is 0 Å². The molecule has 110 valence electrons. The lowest BCUT2D eigenvalue weighted by atomic mass is 9.98. The van der Waals surface area contributed by atoms with Gasteiger partial charge in [0.15, 0.2) is 0 Å². The monoisotopic (exact) mass is 302 g/mol. The lowest BCUT2D eigenvalue weighted by Gasteiger charge is -2.33. The van der Waals surface area contributed by atoms with Gasteiger partial charge in [-0.05, 0) is 37.0 Å². The van der Waals surface area contributed by atoms with Gasteiger partial charge in [-0.3, -0.25) is 0 Å². The molecule has 2 N–H and O–H groups in total. The van der Waals surface area contributed by atoms with Crippen molar-refractivity contribution in [2.75, 3.05) is 18.0 Å². The van der Waals surface area contributed by atoms with E-state index in [0.717, 1.165) is 32.0 Å². The Bertz CT molecular complexity index is 514. The maximum absolute atomic E-state index is 13.1. The highest BCUT2D eigenvalue weighted by molar-refractivity contribution is 7.80. The third-order valence-electron chi connectivity index (χ3n) is 3.60. The van der Waals surface area contributed by atoms with Crippen molar-refractivity contribution in [2.45, 2.75) is 25.9 Å². The van der Waals surface area contributed by atoms with Crippen LogP contribution >= 0.6 is 12.2 Å². The first-order chi connectivity index (χ1) is 9.29. The van der Waals surface area contributed by atoms with Crippen LogP contribution in [0.3, 0.4) is 0 Å². The number of halogens is 3. The number of hydrogen-bond donors (Lipinski definition) is 1. The number of benzene rings is 1. The normalized spacial score (nSPS) is 20.0. The van der Waals surface area contributed by atoms with Crippen LogP contribution < -0.4 is 10.6 Å². The molecule has 1 fully saturated rings. The van der Waals surface area contributed by atoms with E-state index in [0.29, 0.717) is 11.6 Å². The topological polar surface area (TPSA) is 29.3 Å². The molecule has 0 bridgehead atoms. The van der Waals surface area contributed by atoms with Gasteiger partial charge in [0.05, 0.1) is 5.56 Å². The fourth-order valence-corrected chi connectivity index (χ4v) is 2.78. The number of nitrogens with zero attached hydrogens (tertiary/aromatic N) is 1. The molecule has 0 aromatic heterocycles. The minimum Gasteiger partial charge on any atom is -0.389 e. The van der Waals surface area contributed by atoms with Gasteiger partial charge in [0.25, 0.3) is 0 Å². The average Bonchev–Trinajstić information content (AvgIpc) is 2.37. The Morgan fingerprint density at radius 1 is 1.40 bits per heavy atom. The summed E-state index contributed by atoms with van der Waals surface area (Å²) in [5.74, 6) is 0.494. The second-order valence-corrected chi connectivity index (χ2v) is 5.73. The maximum atomic E-state index is 13.1. The van der Waals surface area contributed by atoms with Gasteiger partial charge in [-0.1, -0.05) is 19.1 Å². The molecular formula is C14H17F3N2S. The standard InChI is InChI=1S/C14H17F3N2S/c1-9-3-2-6-19(8-9)10-4-5-11(13(18)20)12(7-10)14(15,16)17/h4-5,7,9H,2-3,6,8H2,1H3,(H2,18,20). The van der Waals surface area contributed by atoms with Gasteiger partial charge in [-0.25, -0.2) is 0 Å². The summed E-state index contributed by atoms with van der Waals surface area (Å²) in [7, 11) is 0.